The van der Waals surface area contributed by atoms with Crippen LogP contribution in [0.3, 0.4) is 0 Å². The fraction of sp³-hybridized carbons (Fsp3) is 0.333. The van der Waals surface area contributed by atoms with E-state index in [0.29, 0.717) is 18.7 Å². The summed E-state index contributed by atoms with van der Waals surface area (Å²) in [7, 11) is 0. The third kappa shape index (κ3) is 3.19. The van der Waals surface area contributed by atoms with E-state index in [0.717, 1.165) is 22.5 Å². The number of aryl methyl sites for hydroxylation is 2. The lowest BCUT2D eigenvalue weighted by Crippen LogP contribution is -2.15. The zero-order valence-electron chi connectivity index (χ0n) is 13.4. The maximum Gasteiger partial charge on any atom is 0.231 e. The molecule has 5 heteroatoms. The smallest absolute Gasteiger partial charge is 0.231 e. The van der Waals surface area contributed by atoms with Gasteiger partial charge in [-0.05, 0) is 25.8 Å². The lowest BCUT2D eigenvalue weighted by atomic mass is 9.96. The fourth-order valence-electron chi connectivity index (χ4n) is 2.80. The van der Waals surface area contributed by atoms with Crippen molar-refractivity contribution in [2.24, 2.45) is 0 Å². The Morgan fingerprint density at radius 3 is 2.70 bits per heavy atom. The quantitative estimate of drug-likeness (QED) is 0.730. The Labute approximate surface area is 135 Å². The highest BCUT2D eigenvalue weighted by molar-refractivity contribution is 5.89. The first-order valence-electron chi connectivity index (χ1n) is 7.81. The average molecular weight is 311 g/mol. The fourth-order valence-corrected chi connectivity index (χ4v) is 2.80. The SMILES string of the molecule is Cc1oc2ncnc(NCC(CCO)c3ccccc3)c2c1C. The van der Waals surface area contributed by atoms with E-state index in [-0.39, 0.29) is 12.5 Å². The van der Waals surface area contributed by atoms with Crippen LogP contribution in [0.1, 0.15) is 29.2 Å². The molecular formula is C18H21N3O2. The topological polar surface area (TPSA) is 71.2 Å². The summed E-state index contributed by atoms with van der Waals surface area (Å²) in [5.74, 6) is 1.86. The predicted octanol–water partition coefficient (Wildman–Crippen LogP) is 3.42. The zero-order chi connectivity index (χ0) is 16.2. The van der Waals surface area contributed by atoms with Gasteiger partial charge < -0.3 is 14.8 Å². The number of anilines is 1. The molecule has 0 radical (unpaired) electrons. The summed E-state index contributed by atoms with van der Waals surface area (Å²) in [6, 6.07) is 10.2. The predicted molar refractivity (Wildman–Crippen MR) is 90.7 cm³/mol. The maximum atomic E-state index is 9.35. The number of nitrogens with one attached hydrogen (secondary N) is 1. The third-order valence-corrected chi connectivity index (χ3v) is 4.23. The van der Waals surface area contributed by atoms with Crippen molar-refractivity contribution in [3.63, 3.8) is 0 Å². The molecule has 5 nitrogen and oxygen atoms in total. The molecule has 0 spiro atoms. The molecule has 3 aromatic rings. The lowest BCUT2D eigenvalue weighted by Gasteiger charge is -2.17. The number of aliphatic hydroxyl groups excluding tert-OH is 1. The van der Waals surface area contributed by atoms with Gasteiger partial charge in [-0.1, -0.05) is 30.3 Å². The molecule has 2 N–H and O–H groups in total. The molecule has 3 rings (SSSR count). The van der Waals surface area contributed by atoms with Crippen LogP contribution >= 0.6 is 0 Å². The van der Waals surface area contributed by atoms with E-state index in [4.69, 9.17) is 4.42 Å². The van der Waals surface area contributed by atoms with E-state index in [1.165, 1.54) is 11.9 Å². The molecule has 1 unspecified atom stereocenters. The Bertz CT molecular complexity index is 784. The van der Waals surface area contributed by atoms with E-state index in [9.17, 15) is 5.11 Å². The van der Waals surface area contributed by atoms with E-state index in [2.05, 4.69) is 27.4 Å². The van der Waals surface area contributed by atoms with Crippen LogP contribution in [-0.4, -0.2) is 28.2 Å². The molecule has 1 atom stereocenters. The first kappa shape index (κ1) is 15.5. The molecule has 0 aliphatic heterocycles. The summed E-state index contributed by atoms with van der Waals surface area (Å²) in [6.07, 6.45) is 2.21. The number of aromatic nitrogens is 2. The number of aliphatic hydroxyl groups is 1. The van der Waals surface area contributed by atoms with Crippen LogP contribution in [0.2, 0.25) is 0 Å². The summed E-state index contributed by atoms with van der Waals surface area (Å²) >= 11 is 0. The van der Waals surface area contributed by atoms with Crippen LogP contribution < -0.4 is 5.32 Å². The number of benzene rings is 1. The summed E-state index contributed by atoms with van der Waals surface area (Å²) < 4.78 is 5.65. The molecule has 0 fully saturated rings. The Morgan fingerprint density at radius 2 is 1.96 bits per heavy atom. The molecule has 0 aliphatic rings. The van der Waals surface area contributed by atoms with E-state index in [1.54, 1.807) is 0 Å². The molecule has 0 saturated carbocycles. The van der Waals surface area contributed by atoms with Gasteiger partial charge in [0.05, 0.1) is 5.39 Å². The normalized spacial score (nSPS) is 12.5. The van der Waals surface area contributed by atoms with Gasteiger partial charge in [0.25, 0.3) is 0 Å². The minimum atomic E-state index is 0.157. The Balaban J connectivity index is 1.84. The van der Waals surface area contributed by atoms with Gasteiger partial charge in [0, 0.05) is 24.6 Å². The molecule has 0 saturated heterocycles. The Hall–Kier alpha value is -2.40. The van der Waals surface area contributed by atoms with Gasteiger partial charge in [0.2, 0.25) is 5.71 Å². The Kier molecular flexibility index (Phi) is 4.57. The third-order valence-electron chi connectivity index (χ3n) is 4.23. The molecule has 0 bridgehead atoms. The second-order valence-electron chi connectivity index (χ2n) is 5.69. The number of fused-ring (bicyclic) bond motifs is 1. The van der Waals surface area contributed by atoms with Crippen molar-refractivity contribution in [1.29, 1.82) is 0 Å². The monoisotopic (exact) mass is 311 g/mol. The number of rotatable bonds is 6. The average Bonchev–Trinajstić information content (AvgIpc) is 2.87. The summed E-state index contributed by atoms with van der Waals surface area (Å²) in [4.78, 5) is 8.55. The summed E-state index contributed by atoms with van der Waals surface area (Å²) in [5.41, 5.74) is 2.87. The van der Waals surface area contributed by atoms with Crippen LogP contribution in [0.5, 0.6) is 0 Å². The van der Waals surface area contributed by atoms with Gasteiger partial charge in [0.15, 0.2) is 0 Å². The Morgan fingerprint density at radius 1 is 1.17 bits per heavy atom. The number of hydrogen-bond acceptors (Lipinski definition) is 5. The van der Waals surface area contributed by atoms with Gasteiger partial charge in [-0.25, -0.2) is 9.97 Å². The second-order valence-corrected chi connectivity index (χ2v) is 5.69. The minimum absolute atomic E-state index is 0.157. The zero-order valence-corrected chi connectivity index (χ0v) is 13.4. The molecule has 1 aromatic carbocycles. The molecular weight excluding hydrogens is 290 g/mol. The first-order valence-corrected chi connectivity index (χ1v) is 7.81. The van der Waals surface area contributed by atoms with Crippen molar-refractivity contribution >= 4 is 16.9 Å². The van der Waals surface area contributed by atoms with Crippen molar-refractivity contribution in [2.75, 3.05) is 18.5 Å². The maximum absolute atomic E-state index is 9.35. The van der Waals surface area contributed by atoms with Gasteiger partial charge in [-0.3, -0.25) is 0 Å². The van der Waals surface area contributed by atoms with Crippen molar-refractivity contribution in [2.45, 2.75) is 26.2 Å². The van der Waals surface area contributed by atoms with Crippen LogP contribution in [0, 0.1) is 13.8 Å². The first-order chi connectivity index (χ1) is 11.2. The minimum Gasteiger partial charge on any atom is -0.443 e. The highest BCUT2D eigenvalue weighted by atomic mass is 16.3. The highest BCUT2D eigenvalue weighted by Gasteiger charge is 2.16. The van der Waals surface area contributed by atoms with Crippen molar-refractivity contribution < 1.29 is 9.52 Å². The van der Waals surface area contributed by atoms with E-state index < -0.39 is 0 Å². The lowest BCUT2D eigenvalue weighted by molar-refractivity contribution is 0.277. The van der Waals surface area contributed by atoms with Gasteiger partial charge in [-0.2, -0.15) is 0 Å². The van der Waals surface area contributed by atoms with Crippen LogP contribution in [0.25, 0.3) is 11.1 Å². The van der Waals surface area contributed by atoms with E-state index in [1.807, 2.05) is 32.0 Å². The molecule has 2 heterocycles. The summed E-state index contributed by atoms with van der Waals surface area (Å²) in [6.45, 7) is 4.79. The van der Waals surface area contributed by atoms with Gasteiger partial charge in [-0.15, -0.1) is 0 Å². The molecule has 0 amide bonds. The van der Waals surface area contributed by atoms with Crippen molar-refractivity contribution in [3.8, 4) is 0 Å². The van der Waals surface area contributed by atoms with E-state index >= 15 is 0 Å². The van der Waals surface area contributed by atoms with Crippen molar-refractivity contribution in [3.05, 3.63) is 53.5 Å². The molecule has 120 valence electrons. The second kappa shape index (κ2) is 6.79. The number of hydrogen-bond donors (Lipinski definition) is 2. The van der Waals surface area contributed by atoms with Crippen LogP contribution in [0.4, 0.5) is 5.82 Å². The molecule has 0 aliphatic carbocycles. The standard InChI is InChI=1S/C18H21N3O2/c1-12-13(2)23-18-16(12)17(20-11-21-18)19-10-15(8-9-22)14-6-4-3-5-7-14/h3-7,11,15,22H,8-10H2,1-2H3,(H,19,20,21). The van der Waals surface area contributed by atoms with Gasteiger partial charge in [0.1, 0.15) is 17.9 Å². The van der Waals surface area contributed by atoms with Crippen LogP contribution in [0.15, 0.2) is 41.1 Å². The molecule has 2 aromatic heterocycles. The summed E-state index contributed by atoms with van der Waals surface area (Å²) in [5, 5.41) is 13.7. The van der Waals surface area contributed by atoms with Gasteiger partial charge >= 0.3 is 0 Å². The highest BCUT2D eigenvalue weighted by Crippen LogP contribution is 2.29. The number of furan rings is 1. The van der Waals surface area contributed by atoms with Crippen LogP contribution in [-0.2, 0) is 0 Å². The number of nitrogens with zero attached hydrogens (tertiary/aromatic N) is 2. The molecule has 23 heavy (non-hydrogen) atoms. The largest absolute Gasteiger partial charge is 0.443 e. The van der Waals surface area contributed by atoms with Crippen molar-refractivity contribution in [1.82, 2.24) is 9.97 Å².